The van der Waals surface area contributed by atoms with Crippen LogP contribution in [0.25, 0.3) is 0 Å². The monoisotopic (exact) mass is 467 g/mol. The maximum Gasteiger partial charge on any atom is 2.00 e. The normalized spacial score (nSPS) is 11.9. The Labute approximate surface area is 198 Å². The molecule has 5 heteroatoms. The van der Waals surface area contributed by atoms with Crippen molar-refractivity contribution < 1.29 is 27.0 Å². The van der Waals surface area contributed by atoms with E-state index in [1.54, 1.807) is 26.5 Å². The number of hydrogen-bond acceptors (Lipinski definition) is 4. The summed E-state index contributed by atoms with van der Waals surface area (Å²) in [6.45, 7) is 16.3. The minimum atomic E-state index is -0.112. The number of nitrogens with zero attached hydrogens (tertiary/aromatic N) is 2. The predicted molar refractivity (Wildman–Crippen MR) is 126 cm³/mol. The molecule has 0 N–H and O–H groups in total. The van der Waals surface area contributed by atoms with Gasteiger partial charge in [-0.3, -0.25) is 9.98 Å². The van der Waals surface area contributed by atoms with Gasteiger partial charge in [0, 0.05) is 26.5 Å². The van der Waals surface area contributed by atoms with Crippen molar-refractivity contribution in [3.8, 4) is 11.5 Å². The summed E-state index contributed by atoms with van der Waals surface area (Å²) in [6.07, 6.45) is 3.26. The molecule has 1 radical (unpaired) electrons. The van der Waals surface area contributed by atoms with Gasteiger partial charge in [-0.1, -0.05) is 88.4 Å². The quantitative estimate of drug-likeness (QED) is 0.594. The second-order valence-electron chi connectivity index (χ2n) is 9.74. The number of rotatable bonds is 2. The Morgan fingerprint density at radius 1 is 0.645 bits per heavy atom. The van der Waals surface area contributed by atoms with Gasteiger partial charge in [-0.25, -0.2) is 0 Å². The van der Waals surface area contributed by atoms with Gasteiger partial charge in [-0.05, 0) is 46.9 Å². The van der Waals surface area contributed by atoms with Crippen LogP contribution < -0.4 is 10.2 Å². The van der Waals surface area contributed by atoms with Crippen molar-refractivity contribution in [1.82, 2.24) is 0 Å². The summed E-state index contributed by atoms with van der Waals surface area (Å²) in [5.74, 6) is 0.192. The third-order valence-electron chi connectivity index (χ3n) is 4.68. The summed E-state index contributed by atoms with van der Waals surface area (Å²) >= 11 is 0. The Morgan fingerprint density at radius 2 is 0.935 bits per heavy atom. The van der Waals surface area contributed by atoms with Gasteiger partial charge in [0.15, 0.2) is 0 Å². The minimum absolute atomic E-state index is 0. The van der Waals surface area contributed by atoms with Gasteiger partial charge in [0.05, 0.1) is 0 Å². The smallest absolute Gasteiger partial charge is 0.872 e. The molecule has 0 aliphatic rings. The Morgan fingerprint density at radius 3 is 1.16 bits per heavy atom. The van der Waals surface area contributed by atoms with Crippen LogP contribution in [0.1, 0.15) is 74.9 Å². The molecule has 0 heterocycles. The van der Waals surface area contributed by atoms with Gasteiger partial charge in [0.2, 0.25) is 0 Å². The Hall–Kier alpha value is -2.11. The molecule has 2 aromatic carbocycles. The summed E-state index contributed by atoms with van der Waals surface area (Å²) in [7, 11) is 3.36. The molecule has 4 nitrogen and oxygen atoms in total. The molecule has 171 valence electrons. The summed E-state index contributed by atoms with van der Waals surface area (Å²) < 4.78 is 0. The molecule has 0 atom stereocenters. The molecule has 0 amide bonds. The van der Waals surface area contributed by atoms with E-state index < -0.39 is 0 Å². The van der Waals surface area contributed by atoms with Gasteiger partial charge in [-0.15, -0.1) is 0 Å². The predicted octanol–water partition coefficient (Wildman–Crippen LogP) is 4.83. The molecule has 2 rings (SSSR count). The van der Waals surface area contributed by atoms with E-state index in [0.717, 1.165) is 22.3 Å². The Bertz CT molecular complexity index is 856. The molecule has 0 unspecified atom stereocenters. The average molecular weight is 468 g/mol. The van der Waals surface area contributed by atoms with Crippen LogP contribution in [0.4, 0.5) is 0 Å². The fourth-order valence-corrected chi connectivity index (χ4v) is 3.19. The fourth-order valence-electron chi connectivity index (χ4n) is 3.19. The Balaban J connectivity index is 0.000000562. The van der Waals surface area contributed by atoms with Crippen molar-refractivity contribution in [1.29, 1.82) is 0 Å². The minimum Gasteiger partial charge on any atom is -0.872 e. The van der Waals surface area contributed by atoms with Crippen LogP contribution in [0.5, 0.6) is 11.5 Å². The number of benzene rings is 2. The second kappa shape index (κ2) is 11.5. The zero-order chi connectivity index (χ0) is 23.3. The van der Waals surface area contributed by atoms with Crippen molar-refractivity contribution in [2.45, 2.75) is 66.2 Å². The molecular formula is C26H36CoN2O2. The fraction of sp³-hybridized carbons (Fsp3) is 0.462. The van der Waals surface area contributed by atoms with E-state index >= 15 is 0 Å². The maximum atomic E-state index is 12.1. The molecule has 0 fully saturated rings. The van der Waals surface area contributed by atoms with Gasteiger partial charge >= 0.3 is 16.8 Å². The molecule has 0 aromatic heterocycles. The summed E-state index contributed by atoms with van der Waals surface area (Å²) in [5.41, 5.74) is 5.07. The van der Waals surface area contributed by atoms with E-state index in [-0.39, 0.29) is 39.1 Å². The third-order valence-corrected chi connectivity index (χ3v) is 4.68. The molecule has 0 saturated carbocycles. The van der Waals surface area contributed by atoms with Crippen molar-refractivity contribution in [3.63, 3.8) is 0 Å². The van der Waals surface area contributed by atoms with Crippen molar-refractivity contribution in [2.24, 2.45) is 9.98 Å². The van der Waals surface area contributed by atoms with E-state index in [1.165, 1.54) is 0 Å². The molecule has 31 heavy (non-hydrogen) atoms. The molecule has 0 spiro atoms. The van der Waals surface area contributed by atoms with E-state index in [9.17, 15) is 10.2 Å². The van der Waals surface area contributed by atoms with Gasteiger partial charge < -0.3 is 10.2 Å². The zero-order valence-electron chi connectivity index (χ0n) is 20.5. The van der Waals surface area contributed by atoms with Crippen molar-refractivity contribution in [3.05, 3.63) is 57.6 Å². The third kappa shape index (κ3) is 8.15. The SMILES string of the molecule is CN=Cc1cc(C)cc(C(C)(C)C)c1[O-].CN=Cc1cc(C)cc(C(C)(C)C)c1[O-].[Co+2]. The summed E-state index contributed by atoms with van der Waals surface area (Å²) in [5, 5.41) is 24.1. The molecule has 0 bridgehead atoms. The van der Waals surface area contributed by atoms with Gasteiger partial charge in [-0.2, -0.15) is 0 Å². The molecule has 0 saturated heterocycles. The van der Waals surface area contributed by atoms with Crippen LogP contribution >= 0.6 is 0 Å². The van der Waals surface area contributed by atoms with E-state index in [0.29, 0.717) is 11.1 Å². The van der Waals surface area contributed by atoms with Crippen LogP contribution in [-0.2, 0) is 27.6 Å². The second-order valence-corrected chi connectivity index (χ2v) is 9.74. The van der Waals surface area contributed by atoms with Crippen LogP contribution in [-0.4, -0.2) is 26.5 Å². The molecule has 0 aliphatic carbocycles. The van der Waals surface area contributed by atoms with Crippen molar-refractivity contribution >= 4 is 12.4 Å². The summed E-state index contributed by atoms with van der Waals surface area (Å²) in [6, 6.07) is 7.69. The zero-order valence-corrected chi connectivity index (χ0v) is 21.5. The molecular weight excluding hydrogens is 431 g/mol. The van der Waals surface area contributed by atoms with Gasteiger partial charge in [0.25, 0.3) is 0 Å². The summed E-state index contributed by atoms with van der Waals surface area (Å²) in [4.78, 5) is 7.81. The van der Waals surface area contributed by atoms with E-state index in [2.05, 4.69) is 51.5 Å². The topological polar surface area (TPSA) is 70.8 Å². The van der Waals surface area contributed by atoms with Crippen LogP contribution in [0.15, 0.2) is 34.3 Å². The van der Waals surface area contributed by atoms with Crippen LogP contribution in [0, 0.1) is 13.8 Å². The largest absolute Gasteiger partial charge is 2.00 e. The average Bonchev–Trinajstić information content (AvgIpc) is 2.60. The van der Waals surface area contributed by atoms with Crippen molar-refractivity contribution in [2.75, 3.05) is 14.1 Å². The first-order valence-corrected chi connectivity index (χ1v) is 10.2. The van der Waals surface area contributed by atoms with Crippen LogP contribution in [0.2, 0.25) is 0 Å². The standard InChI is InChI=1S/2C13H19NO.Co/c2*1-9-6-10(8-14-5)12(15)11(7-9)13(2,3)4;/h2*6-8,15H,1-5H3;/q;;+2/p-2. The first-order chi connectivity index (χ1) is 13.7. The number of aryl methyl sites for hydroxylation is 2. The van der Waals surface area contributed by atoms with E-state index in [1.807, 2.05) is 38.1 Å². The maximum absolute atomic E-state index is 12.1. The molecule has 2 aromatic rings. The number of aliphatic imine (C=N–C) groups is 2. The number of hydrogen-bond donors (Lipinski definition) is 0. The van der Waals surface area contributed by atoms with Gasteiger partial charge in [0.1, 0.15) is 0 Å². The molecule has 0 aliphatic heterocycles. The first kappa shape index (κ1) is 28.9. The van der Waals surface area contributed by atoms with Crippen LogP contribution in [0.3, 0.4) is 0 Å². The first-order valence-electron chi connectivity index (χ1n) is 10.2. The Kier molecular flexibility index (Phi) is 10.7. The van der Waals surface area contributed by atoms with E-state index in [4.69, 9.17) is 0 Å².